The van der Waals surface area contributed by atoms with E-state index in [-0.39, 0.29) is 0 Å². The number of pyridine rings is 4. The zero-order chi connectivity index (χ0) is 24.1. The van der Waals surface area contributed by atoms with Gasteiger partial charge in [-0.05, 0) is 24.3 Å². The highest BCUT2D eigenvalue weighted by Crippen LogP contribution is 2.23. The van der Waals surface area contributed by atoms with Gasteiger partial charge in [-0.15, -0.1) is 0 Å². The second kappa shape index (κ2) is 13.9. The molecule has 4 aromatic rings. The first kappa shape index (κ1) is 25.9. The first-order chi connectivity index (χ1) is 15.9. The summed E-state index contributed by atoms with van der Waals surface area (Å²) in [4.78, 5) is 15.7. The van der Waals surface area contributed by atoms with Gasteiger partial charge < -0.3 is 20.5 Å². The number of aromatic nitrogens is 4. The van der Waals surface area contributed by atoms with Gasteiger partial charge in [0.05, 0.1) is 35.6 Å². The number of halogens is 3. The van der Waals surface area contributed by atoms with Gasteiger partial charge in [-0.3, -0.25) is 9.97 Å². The lowest BCUT2D eigenvalue weighted by molar-refractivity contribution is 0.398. The molecule has 0 aromatic carbocycles. The van der Waals surface area contributed by atoms with E-state index in [0.717, 1.165) is 5.69 Å². The van der Waals surface area contributed by atoms with Gasteiger partial charge in [-0.25, -0.2) is 4.98 Å². The Bertz CT molecular complexity index is 1130. The van der Waals surface area contributed by atoms with Gasteiger partial charge >= 0.3 is 0 Å². The summed E-state index contributed by atoms with van der Waals surface area (Å²) >= 11 is 17.0. The van der Waals surface area contributed by atoms with E-state index in [0.29, 0.717) is 38.5 Å². The van der Waals surface area contributed by atoms with E-state index >= 15 is 0 Å². The number of nitrogen functional groups attached to an aromatic ring is 1. The Kier molecular flexibility index (Phi) is 11.0. The fourth-order valence-corrected chi connectivity index (χ4v) is 2.54. The molecule has 4 aromatic heterocycles. The van der Waals surface area contributed by atoms with Crippen molar-refractivity contribution < 1.29 is 9.47 Å². The van der Waals surface area contributed by atoms with Crippen molar-refractivity contribution in [2.24, 2.45) is 0 Å². The van der Waals surface area contributed by atoms with E-state index in [1.165, 1.54) is 6.20 Å². The van der Waals surface area contributed by atoms with Crippen molar-refractivity contribution in [3.8, 4) is 11.8 Å². The van der Waals surface area contributed by atoms with Gasteiger partial charge in [-0.2, -0.15) is 4.98 Å². The molecule has 0 fully saturated rings. The molecule has 0 aliphatic heterocycles. The summed E-state index contributed by atoms with van der Waals surface area (Å²) in [5.74, 6) is 1.77. The highest BCUT2D eigenvalue weighted by atomic mass is 35.5. The van der Waals surface area contributed by atoms with Crippen LogP contribution in [0.5, 0.6) is 11.8 Å². The molecular weight excluding hydrogens is 487 g/mol. The molecule has 0 spiro atoms. The van der Waals surface area contributed by atoms with Crippen LogP contribution in [0.4, 0.5) is 17.2 Å². The molecule has 0 saturated carbocycles. The number of rotatable bonds is 4. The number of nitrogens with zero attached hydrogens (tertiary/aromatic N) is 4. The van der Waals surface area contributed by atoms with Crippen LogP contribution in [0.15, 0.2) is 73.3 Å². The summed E-state index contributed by atoms with van der Waals surface area (Å²) in [6, 6.07) is 14.1. The molecule has 0 radical (unpaired) electrons. The minimum atomic E-state index is 0.453. The molecular formula is C22H21Cl3N6O2. The summed E-state index contributed by atoms with van der Waals surface area (Å²) in [5, 5.41) is 4.59. The van der Waals surface area contributed by atoms with Crippen molar-refractivity contribution in [3.05, 3.63) is 88.5 Å². The molecule has 0 aliphatic carbocycles. The molecule has 11 heteroatoms. The lowest BCUT2D eigenvalue weighted by Gasteiger charge is -2.07. The number of ether oxygens (including phenoxy) is 2. The molecule has 172 valence electrons. The quantitative estimate of drug-likeness (QED) is 0.327. The Hall–Kier alpha value is -3.33. The zero-order valence-corrected chi connectivity index (χ0v) is 20.0. The predicted octanol–water partition coefficient (Wildman–Crippen LogP) is 5.94. The van der Waals surface area contributed by atoms with Crippen LogP contribution in [-0.4, -0.2) is 34.2 Å². The fourth-order valence-electron chi connectivity index (χ4n) is 2.10. The van der Waals surface area contributed by atoms with Crippen LogP contribution >= 0.6 is 34.8 Å². The lowest BCUT2D eigenvalue weighted by Crippen LogP contribution is -1.96. The summed E-state index contributed by atoms with van der Waals surface area (Å²) in [6.45, 7) is 0. The van der Waals surface area contributed by atoms with Crippen molar-refractivity contribution in [1.82, 2.24) is 19.9 Å². The SMILES string of the molecule is COc1cccc(Cl)n1.COc1cccc(Nc2ccncc2Cl)n1.Nc1ccncc1Cl. The maximum atomic E-state index is 5.96. The average Bonchev–Trinajstić information content (AvgIpc) is 2.83. The summed E-state index contributed by atoms with van der Waals surface area (Å²) < 4.78 is 9.83. The molecule has 4 rings (SSSR count). The average molecular weight is 508 g/mol. The Balaban J connectivity index is 0.000000192. The van der Waals surface area contributed by atoms with Crippen LogP contribution in [0.2, 0.25) is 15.2 Å². The number of hydrogen-bond acceptors (Lipinski definition) is 8. The summed E-state index contributed by atoms with van der Waals surface area (Å²) in [7, 11) is 3.13. The highest BCUT2D eigenvalue weighted by Gasteiger charge is 2.01. The number of anilines is 3. The van der Waals surface area contributed by atoms with E-state index in [4.69, 9.17) is 50.0 Å². The summed E-state index contributed by atoms with van der Waals surface area (Å²) in [5.41, 5.74) is 6.68. The normalized spacial score (nSPS) is 9.48. The maximum absolute atomic E-state index is 5.96. The topological polar surface area (TPSA) is 108 Å². The van der Waals surface area contributed by atoms with E-state index in [2.05, 4.69) is 25.3 Å². The molecule has 3 N–H and O–H groups in total. The van der Waals surface area contributed by atoms with Crippen LogP contribution in [0.25, 0.3) is 0 Å². The first-order valence-corrected chi connectivity index (χ1v) is 10.5. The Morgan fingerprint density at radius 1 is 0.758 bits per heavy atom. The van der Waals surface area contributed by atoms with E-state index in [1.54, 1.807) is 69.2 Å². The molecule has 0 atom stereocenters. The third-order valence-electron chi connectivity index (χ3n) is 3.67. The zero-order valence-electron chi connectivity index (χ0n) is 17.7. The Labute approximate surface area is 206 Å². The van der Waals surface area contributed by atoms with Crippen LogP contribution in [0, 0.1) is 0 Å². The van der Waals surface area contributed by atoms with Crippen molar-refractivity contribution >= 4 is 52.0 Å². The number of hydrogen-bond donors (Lipinski definition) is 2. The maximum Gasteiger partial charge on any atom is 0.214 e. The fraction of sp³-hybridized carbons (Fsp3) is 0.0909. The van der Waals surface area contributed by atoms with E-state index < -0.39 is 0 Å². The minimum absolute atomic E-state index is 0.453. The third kappa shape index (κ3) is 9.36. The Morgan fingerprint density at radius 3 is 1.88 bits per heavy atom. The van der Waals surface area contributed by atoms with Crippen molar-refractivity contribution in [2.45, 2.75) is 0 Å². The number of methoxy groups -OCH3 is 2. The number of nitrogens with two attached hydrogens (primary N) is 1. The van der Waals surface area contributed by atoms with Crippen LogP contribution < -0.4 is 20.5 Å². The van der Waals surface area contributed by atoms with Crippen molar-refractivity contribution in [3.63, 3.8) is 0 Å². The predicted molar refractivity (Wildman–Crippen MR) is 133 cm³/mol. The molecule has 0 amide bonds. The molecule has 33 heavy (non-hydrogen) atoms. The first-order valence-electron chi connectivity index (χ1n) is 9.32. The molecule has 0 unspecified atom stereocenters. The standard InChI is InChI=1S/C11H10ClN3O.C6H6ClNO.C5H5ClN2/c1-16-11-4-2-3-10(15-11)14-9-5-6-13-7-8(9)12;1-9-6-4-2-3-5(7)8-6;6-4-3-8-2-1-5(4)7/h2-7H,1H3,(H,13,14,15);2-4H,1H3;1-3H,(H2,7,8). The smallest absolute Gasteiger partial charge is 0.214 e. The lowest BCUT2D eigenvalue weighted by atomic mass is 10.4. The number of nitrogens with one attached hydrogen (secondary N) is 1. The van der Waals surface area contributed by atoms with Gasteiger partial charge in [0.1, 0.15) is 11.0 Å². The van der Waals surface area contributed by atoms with Crippen molar-refractivity contribution in [2.75, 3.05) is 25.3 Å². The van der Waals surface area contributed by atoms with E-state index in [1.807, 2.05) is 12.1 Å². The largest absolute Gasteiger partial charge is 0.481 e. The second-order valence-electron chi connectivity index (χ2n) is 5.95. The monoisotopic (exact) mass is 506 g/mol. The van der Waals surface area contributed by atoms with Gasteiger partial charge in [0.2, 0.25) is 11.8 Å². The minimum Gasteiger partial charge on any atom is -0.481 e. The molecule has 4 heterocycles. The molecule has 0 aliphatic rings. The molecule has 0 saturated heterocycles. The van der Waals surface area contributed by atoms with E-state index in [9.17, 15) is 0 Å². The van der Waals surface area contributed by atoms with Crippen LogP contribution in [0.1, 0.15) is 0 Å². The van der Waals surface area contributed by atoms with Crippen LogP contribution in [0.3, 0.4) is 0 Å². The molecule has 0 bridgehead atoms. The molecule has 8 nitrogen and oxygen atoms in total. The van der Waals surface area contributed by atoms with Gasteiger partial charge in [0, 0.05) is 36.9 Å². The van der Waals surface area contributed by atoms with Gasteiger partial charge in [-0.1, -0.05) is 46.9 Å². The van der Waals surface area contributed by atoms with Gasteiger partial charge in [0.25, 0.3) is 0 Å². The third-order valence-corrected chi connectivity index (χ3v) is 4.50. The Morgan fingerprint density at radius 2 is 1.36 bits per heavy atom. The summed E-state index contributed by atoms with van der Waals surface area (Å²) in [6.07, 6.45) is 6.34. The van der Waals surface area contributed by atoms with Crippen molar-refractivity contribution in [1.29, 1.82) is 0 Å². The second-order valence-corrected chi connectivity index (χ2v) is 7.15. The van der Waals surface area contributed by atoms with Crippen LogP contribution in [-0.2, 0) is 0 Å². The van der Waals surface area contributed by atoms with Gasteiger partial charge in [0.15, 0.2) is 0 Å². The highest BCUT2D eigenvalue weighted by molar-refractivity contribution is 6.33.